The van der Waals surface area contributed by atoms with Crippen LogP contribution in [0.15, 0.2) is 54.6 Å². The highest BCUT2D eigenvalue weighted by molar-refractivity contribution is 5.33. The first-order valence-electron chi connectivity index (χ1n) is 7.65. The van der Waals surface area contributed by atoms with Crippen molar-refractivity contribution < 1.29 is 14.8 Å². The van der Waals surface area contributed by atoms with Crippen molar-refractivity contribution >= 4 is 0 Å². The quantitative estimate of drug-likeness (QED) is 0.885. The van der Waals surface area contributed by atoms with Gasteiger partial charge in [-0.15, -0.1) is 0 Å². The predicted molar refractivity (Wildman–Crippen MR) is 82.4 cm³/mol. The number of hydrogen-bond acceptors (Lipinski definition) is 2. The summed E-state index contributed by atoms with van der Waals surface area (Å²) in [5.41, 5.74) is 1.28. The lowest BCUT2D eigenvalue weighted by Crippen LogP contribution is -2.84. The Labute approximate surface area is 125 Å². The van der Waals surface area contributed by atoms with Gasteiger partial charge in [0.2, 0.25) is 0 Å². The highest BCUT2D eigenvalue weighted by Crippen LogP contribution is 2.21. The van der Waals surface area contributed by atoms with Crippen LogP contribution in [0.5, 0.6) is 11.5 Å². The molecule has 0 spiro atoms. The van der Waals surface area contributed by atoms with Crippen molar-refractivity contribution in [3.63, 3.8) is 0 Å². The molecule has 1 fully saturated rings. The molecule has 3 nitrogen and oxygen atoms in total. The second-order valence-electron chi connectivity index (χ2n) is 5.43. The minimum atomic E-state index is 0.439. The molecule has 0 aliphatic carbocycles. The summed E-state index contributed by atoms with van der Waals surface area (Å²) in [6.07, 6.45) is 2.85. The summed E-state index contributed by atoms with van der Waals surface area (Å²) in [7, 11) is 0. The van der Waals surface area contributed by atoms with E-state index in [1.165, 1.54) is 18.4 Å². The number of benzene rings is 2. The zero-order valence-electron chi connectivity index (χ0n) is 12.2. The fourth-order valence-corrected chi connectivity index (χ4v) is 2.63. The number of para-hydroxylation sites is 1. The Bertz CT molecular complexity index is 550. The van der Waals surface area contributed by atoms with Crippen molar-refractivity contribution in [2.24, 2.45) is 0 Å². The van der Waals surface area contributed by atoms with Gasteiger partial charge in [-0.25, -0.2) is 0 Å². The summed E-state index contributed by atoms with van der Waals surface area (Å²) in [4.78, 5) is 0. The van der Waals surface area contributed by atoms with Gasteiger partial charge in [0.1, 0.15) is 30.7 Å². The van der Waals surface area contributed by atoms with E-state index in [2.05, 4.69) is 17.4 Å². The molecule has 0 unspecified atom stereocenters. The standard InChI is InChI=1S/C18H21NO2/c1-2-7-16(8-3-1)21-17-9-4-6-15(12-17)13-19-14-18-10-5-11-20-18/h1-4,6-9,12,18-19H,5,10-11,13-14H2/p+1/t18-/m0/s1. The van der Waals surface area contributed by atoms with Crippen LogP contribution in [0.2, 0.25) is 0 Å². The van der Waals surface area contributed by atoms with Crippen LogP contribution in [0.3, 0.4) is 0 Å². The van der Waals surface area contributed by atoms with Crippen LogP contribution in [-0.4, -0.2) is 19.3 Å². The van der Waals surface area contributed by atoms with Crippen molar-refractivity contribution in [3.05, 3.63) is 60.2 Å². The Kier molecular flexibility index (Phi) is 4.87. The van der Waals surface area contributed by atoms with Crippen LogP contribution < -0.4 is 10.1 Å². The summed E-state index contributed by atoms with van der Waals surface area (Å²) in [5.74, 6) is 1.77. The molecule has 21 heavy (non-hydrogen) atoms. The van der Waals surface area contributed by atoms with Gasteiger partial charge in [-0.1, -0.05) is 30.3 Å². The van der Waals surface area contributed by atoms with Gasteiger partial charge in [-0.3, -0.25) is 0 Å². The van der Waals surface area contributed by atoms with Gasteiger partial charge in [0.25, 0.3) is 0 Å². The fourth-order valence-electron chi connectivity index (χ4n) is 2.63. The minimum absolute atomic E-state index is 0.439. The molecular weight excluding hydrogens is 262 g/mol. The van der Waals surface area contributed by atoms with Gasteiger partial charge in [0, 0.05) is 12.2 Å². The zero-order chi connectivity index (χ0) is 14.3. The van der Waals surface area contributed by atoms with Gasteiger partial charge < -0.3 is 14.8 Å². The van der Waals surface area contributed by atoms with Gasteiger partial charge >= 0.3 is 0 Å². The Morgan fingerprint density at radius 2 is 1.90 bits per heavy atom. The van der Waals surface area contributed by atoms with Crippen LogP contribution >= 0.6 is 0 Å². The molecule has 1 atom stereocenters. The van der Waals surface area contributed by atoms with Crippen LogP contribution in [0.25, 0.3) is 0 Å². The number of nitrogens with two attached hydrogens (primary N) is 1. The average Bonchev–Trinajstić information content (AvgIpc) is 3.02. The monoisotopic (exact) mass is 284 g/mol. The predicted octanol–water partition coefficient (Wildman–Crippen LogP) is 2.72. The molecule has 3 heteroatoms. The molecule has 3 rings (SSSR count). The zero-order valence-corrected chi connectivity index (χ0v) is 12.2. The molecular formula is C18H22NO2+. The van der Waals surface area contributed by atoms with E-state index in [0.29, 0.717) is 6.10 Å². The molecule has 0 saturated carbocycles. The lowest BCUT2D eigenvalue weighted by atomic mass is 10.2. The van der Waals surface area contributed by atoms with E-state index in [4.69, 9.17) is 9.47 Å². The maximum Gasteiger partial charge on any atom is 0.127 e. The number of ether oxygens (including phenoxy) is 2. The van der Waals surface area contributed by atoms with Crippen molar-refractivity contribution in [1.82, 2.24) is 0 Å². The van der Waals surface area contributed by atoms with E-state index < -0.39 is 0 Å². The number of hydrogen-bond donors (Lipinski definition) is 1. The lowest BCUT2D eigenvalue weighted by molar-refractivity contribution is -0.676. The fraction of sp³-hybridized carbons (Fsp3) is 0.333. The SMILES string of the molecule is c1ccc(Oc2cccc(C[NH2+]C[C@@H]3CCCO3)c2)cc1. The second-order valence-corrected chi connectivity index (χ2v) is 5.43. The minimum Gasteiger partial charge on any atom is -0.457 e. The summed E-state index contributed by atoms with van der Waals surface area (Å²) in [6.45, 7) is 2.94. The van der Waals surface area contributed by atoms with Gasteiger partial charge in [0.05, 0.1) is 0 Å². The Hall–Kier alpha value is -1.84. The summed E-state index contributed by atoms with van der Waals surface area (Å²) < 4.78 is 11.5. The summed E-state index contributed by atoms with van der Waals surface area (Å²) in [5, 5.41) is 2.32. The third-order valence-corrected chi connectivity index (χ3v) is 3.71. The average molecular weight is 284 g/mol. The Morgan fingerprint density at radius 3 is 2.71 bits per heavy atom. The van der Waals surface area contributed by atoms with Gasteiger partial charge in [0.15, 0.2) is 0 Å². The maximum absolute atomic E-state index is 5.86. The van der Waals surface area contributed by atoms with E-state index in [1.54, 1.807) is 0 Å². The van der Waals surface area contributed by atoms with Gasteiger partial charge in [-0.05, 0) is 37.1 Å². The van der Waals surface area contributed by atoms with E-state index in [-0.39, 0.29) is 0 Å². The van der Waals surface area contributed by atoms with Crippen LogP contribution in [0, 0.1) is 0 Å². The molecule has 0 radical (unpaired) electrons. The normalized spacial score (nSPS) is 17.8. The Balaban J connectivity index is 1.53. The summed E-state index contributed by atoms with van der Waals surface area (Å²) >= 11 is 0. The molecule has 1 saturated heterocycles. The topological polar surface area (TPSA) is 35.1 Å². The molecule has 2 aromatic rings. The molecule has 1 heterocycles. The summed E-state index contributed by atoms with van der Waals surface area (Å²) in [6, 6.07) is 18.2. The Morgan fingerprint density at radius 1 is 1.05 bits per heavy atom. The largest absolute Gasteiger partial charge is 0.457 e. The third-order valence-electron chi connectivity index (χ3n) is 3.71. The number of quaternary nitrogens is 1. The smallest absolute Gasteiger partial charge is 0.127 e. The number of rotatable bonds is 6. The lowest BCUT2D eigenvalue weighted by Gasteiger charge is -2.09. The molecule has 110 valence electrons. The molecule has 0 aromatic heterocycles. The van der Waals surface area contributed by atoms with E-state index in [1.807, 2.05) is 42.5 Å². The van der Waals surface area contributed by atoms with E-state index >= 15 is 0 Å². The first-order valence-corrected chi connectivity index (χ1v) is 7.65. The van der Waals surface area contributed by atoms with Crippen molar-refractivity contribution in [3.8, 4) is 11.5 Å². The first kappa shape index (κ1) is 14.1. The first-order chi connectivity index (χ1) is 10.4. The maximum atomic E-state index is 5.86. The molecule has 0 amide bonds. The van der Waals surface area contributed by atoms with E-state index in [9.17, 15) is 0 Å². The highest BCUT2D eigenvalue weighted by atomic mass is 16.5. The molecule has 0 bridgehead atoms. The molecule has 1 aliphatic heterocycles. The van der Waals surface area contributed by atoms with Crippen molar-refractivity contribution in [1.29, 1.82) is 0 Å². The highest BCUT2D eigenvalue weighted by Gasteiger charge is 2.16. The second kappa shape index (κ2) is 7.25. The van der Waals surface area contributed by atoms with Crippen LogP contribution in [0.1, 0.15) is 18.4 Å². The van der Waals surface area contributed by atoms with Crippen molar-refractivity contribution in [2.45, 2.75) is 25.5 Å². The van der Waals surface area contributed by atoms with Crippen LogP contribution in [0.4, 0.5) is 0 Å². The molecule has 1 aliphatic rings. The van der Waals surface area contributed by atoms with Crippen LogP contribution in [-0.2, 0) is 11.3 Å². The van der Waals surface area contributed by atoms with Gasteiger partial charge in [-0.2, -0.15) is 0 Å². The molecule has 2 N–H and O–H groups in total. The van der Waals surface area contributed by atoms with E-state index in [0.717, 1.165) is 31.2 Å². The third kappa shape index (κ3) is 4.31. The van der Waals surface area contributed by atoms with Crippen molar-refractivity contribution in [2.75, 3.05) is 13.2 Å². The molecule has 2 aromatic carbocycles.